The summed E-state index contributed by atoms with van der Waals surface area (Å²) in [5, 5.41) is 10.5. The Balaban J connectivity index is 1.55. The van der Waals surface area contributed by atoms with Crippen LogP contribution in [-0.2, 0) is 11.3 Å². The number of carbonyl (C=O) groups is 1. The SMILES string of the molecule is CCOC(=O)c1c(C[NH+]2CCN(c3ccc(O)cc3)CC2)nc2ccccc2c1C. The fourth-order valence-electron chi connectivity index (χ4n) is 4.20. The number of nitrogens with one attached hydrogen (secondary N) is 1. The molecule has 1 saturated heterocycles. The van der Waals surface area contributed by atoms with Gasteiger partial charge in [0.25, 0.3) is 0 Å². The number of para-hydroxylation sites is 1. The van der Waals surface area contributed by atoms with Crippen molar-refractivity contribution in [3.63, 3.8) is 0 Å². The van der Waals surface area contributed by atoms with Crippen LogP contribution in [0.4, 0.5) is 5.69 Å². The summed E-state index contributed by atoms with van der Waals surface area (Å²) in [6, 6.07) is 15.3. The van der Waals surface area contributed by atoms with Crippen molar-refractivity contribution in [1.82, 2.24) is 4.98 Å². The third-order valence-corrected chi connectivity index (χ3v) is 5.81. The van der Waals surface area contributed by atoms with Crippen LogP contribution < -0.4 is 9.80 Å². The van der Waals surface area contributed by atoms with Crippen LogP contribution in [0.1, 0.15) is 28.5 Å². The zero-order chi connectivity index (χ0) is 21.1. The molecule has 0 unspecified atom stereocenters. The van der Waals surface area contributed by atoms with Gasteiger partial charge in [-0.2, -0.15) is 0 Å². The highest BCUT2D eigenvalue weighted by atomic mass is 16.5. The van der Waals surface area contributed by atoms with Crippen LogP contribution in [0, 0.1) is 6.92 Å². The molecule has 1 aliphatic heterocycles. The van der Waals surface area contributed by atoms with Crippen molar-refractivity contribution < 1.29 is 19.5 Å². The Bertz CT molecular complexity index is 1040. The van der Waals surface area contributed by atoms with Gasteiger partial charge >= 0.3 is 5.97 Å². The van der Waals surface area contributed by atoms with E-state index in [0.717, 1.165) is 54.0 Å². The van der Waals surface area contributed by atoms with Crippen LogP contribution in [0.3, 0.4) is 0 Å². The van der Waals surface area contributed by atoms with Crippen LogP contribution in [0.15, 0.2) is 48.5 Å². The predicted molar refractivity (Wildman–Crippen MR) is 117 cm³/mol. The lowest BCUT2D eigenvalue weighted by Gasteiger charge is -2.33. The van der Waals surface area contributed by atoms with E-state index in [9.17, 15) is 9.90 Å². The number of carbonyl (C=O) groups excluding carboxylic acids is 1. The van der Waals surface area contributed by atoms with Crippen molar-refractivity contribution in [2.45, 2.75) is 20.4 Å². The van der Waals surface area contributed by atoms with Gasteiger partial charge in [-0.15, -0.1) is 0 Å². The highest BCUT2D eigenvalue weighted by molar-refractivity contribution is 5.98. The van der Waals surface area contributed by atoms with Crippen molar-refractivity contribution in [1.29, 1.82) is 0 Å². The topological polar surface area (TPSA) is 67.1 Å². The maximum absolute atomic E-state index is 12.7. The van der Waals surface area contributed by atoms with Gasteiger partial charge in [0.05, 0.1) is 43.9 Å². The average Bonchev–Trinajstić information content (AvgIpc) is 2.75. The Morgan fingerprint density at radius 3 is 2.53 bits per heavy atom. The maximum atomic E-state index is 12.7. The Kier molecular flexibility index (Phi) is 5.86. The van der Waals surface area contributed by atoms with E-state index in [4.69, 9.17) is 9.72 Å². The molecule has 4 rings (SSSR count). The van der Waals surface area contributed by atoms with E-state index in [1.54, 1.807) is 12.1 Å². The first kappa shape index (κ1) is 20.2. The lowest BCUT2D eigenvalue weighted by atomic mass is 10.0. The molecule has 0 spiro atoms. The molecule has 2 aromatic carbocycles. The van der Waals surface area contributed by atoms with Gasteiger partial charge in [0.2, 0.25) is 0 Å². The first-order valence-corrected chi connectivity index (χ1v) is 10.5. The summed E-state index contributed by atoms with van der Waals surface area (Å²) in [5.41, 5.74) is 4.41. The number of piperazine rings is 1. The molecule has 156 valence electrons. The summed E-state index contributed by atoms with van der Waals surface area (Å²) in [7, 11) is 0. The van der Waals surface area contributed by atoms with Gasteiger partial charge < -0.3 is 19.6 Å². The lowest BCUT2D eigenvalue weighted by Crippen LogP contribution is -3.13. The largest absolute Gasteiger partial charge is 0.508 e. The monoisotopic (exact) mass is 406 g/mol. The second-order valence-corrected chi connectivity index (χ2v) is 7.73. The second-order valence-electron chi connectivity index (χ2n) is 7.73. The van der Waals surface area contributed by atoms with Gasteiger partial charge in [-0.05, 0) is 49.7 Å². The van der Waals surface area contributed by atoms with E-state index in [1.807, 2.05) is 50.2 Å². The molecule has 0 saturated carbocycles. The molecule has 1 fully saturated rings. The van der Waals surface area contributed by atoms with Gasteiger partial charge in [-0.3, -0.25) is 0 Å². The minimum Gasteiger partial charge on any atom is -0.508 e. The van der Waals surface area contributed by atoms with Crippen LogP contribution in [-0.4, -0.2) is 48.8 Å². The molecular formula is C24H28N3O3+. The number of ether oxygens (including phenoxy) is 1. The van der Waals surface area contributed by atoms with Crippen molar-refractivity contribution >= 4 is 22.6 Å². The van der Waals surface area contributed by atoms with Crippen LogP contribution >= 0.6 is 0 Å². The standard InChI is InChI=1S/C24H27N3O3/c1-3-30-24(29)23-17(2)20-6-4-5-7-21(20)25-22(23)16-26-12-14-27(15-13-26)18-8-10-19(28)11-9-18/h4-11,28H,3,12-16H2,1-2H3/p+1. The minimum absolute atomic E-state index is 0.284. The Morgan fingerprint density at radius 1 is 1.13 bits per heavy atom. The number of benzene rings is 2. The Labute approximate surface area is 176 Å². The lowest BCUT2D eigenvalue weighted by molar-refractivity contribution is -0.914. The fraction of sp³-hybridized carbons (Fsp3) is 0.333. The maximum Gasteiger partial charge on any atom is 0.340 e. The molecule has 0 radical (unpaired) electrons. The van der Waals surface area contributed by atoms with Crippen molar-refractivity contribution in [3.8, 4) is 5.75 Å². The van der Waals surface area contributed by atoms with E-state index in [2.05, 4.69) is 4.90 Å². The van der Waals surface area contributed by atoms with Gasteiger partial charge in [0, 0.05) is 11.1 Å². The van der Waals surface area contributed by atoms with Gasteiger partial charge in [-0.25, -0.2) is 9.78 Å². The number of anilines is 1. The molecule has 3 aromatic rings. The first-order chi connectivity index (χ1) is 14.6. The summed E-state index contributed by atoms with van der Waals surface area (Å²) >= 11 is 0. The number of pyridine rings is 1. The second kappa shape index (κ2) is 8.71. The van der Waals surface area contributed by atoms with Gasteiger partial charge in [0.1, 0.15) is 18.0 Å². The Morgan fingerprint density at radius 2 is 1.83 bits per heavy atom. The average molecular weight is 407 g/mol. The number of aromatic hydroxyl groups is 1. The van der Waals surface area contributed by atoms with E-state index >= 15 is 0 Å². The van der Waals surface area contributed by atoms with Crippen molar-refractivity contribution in [2.24, 2.45) is 0 Å². The van der Waals surface area contributed by atoms with E-state index < -0.39 is 0 Å². The predicted octanol–water partition coefficient (Wildman–Crippen LogP) is 2.33. The minimum atomic E-state index is -0.287. The van der Waals surface area contributed by atoms with Crippen LogP contribution in [0.5, 0.6) is 5.75 Å². The molecule has 6 nitrogen and oxygen atoms in total. The molecule has 0 amide bonds. The Hall–Kier alpha value is -3.12. The number of nitrogens with zero attached hydrogens (tertiary/aromatic N) is 2. The van der Waals surface area contributed by atoms with Crippen molar-refractivity contribution in [3.05, 3.63) is 65.4 Å². The normalized spacial score (nSPS) is 14.8. The first-order valence-electron chi connectivity index (χ1n) is 10.5. The van der Waals surface area contributed by atoms with Gasteiger partial charge in [0.15, 0.2) is 0 Å². The van der Waals surface area contributed by atoms with E-state index in [0.29, 0.717) is 18.7 Å². The van der Waals surface area contributed by atoms with E-state index in [-0.39, 0.29) is 11.7 Å². The third-order valence-electron chi connectivity index (χ3n) is 5.81. The number of quaternary nitrogens is 1. The zero-order valence-corrected chi connectivity index (χ0v) is 17.5. The summed E-state index contributed by atoms with van der Waals surface area (Å²) < 4.78 is 5.36. The number of phenols is 1. The number of hydrogen-bond acceptors (Lipinski definition) is 5. The van der Waals surface area contributed by atoms with Crippen LogP contribution in [0.25, 0.3) is 10.9 Å². The highest BCUT2D eigenvalue weighted by Gasteiger charge is 2.26. The summed E-state index contributed by atoms with van der Waals surface area (Å²) in [6.07, 6.45) is 0. The molecule has 6 heteroatoms. The zero-order valence-electron chi connectivity index (χ0n) is 17.5. The smallest absolute Gasteiger partial charge is 0.340 e. The number of fused-ring (bicyclic) bond motifs is 1. The molecular weight excluding hydrogens is 378 g/mol. The quantitative estimate of drug-likeness (QED) is 0.637. The molecule has 2 heterocycles. The number of hydrogen-bond donors (Lipinski definition) is 2. The number of rotatable bonds is 5. The number of aromatic nitrogens is 1. The summed E-state index contributed by atoms with van der Waals surface area (Å²) in [5.74, 6) is -0.00219. The number of esters is 1. The highest BCUT2D eigenvalue weighted by Crippen LogP contribution is 2.24. The number of aryl methyl sites for hydroxylation is 1. The van der Waals surface area contributed by atoms with Crippen molar-refractivity contribution in [2.75, 3.05) is 37.7 Å². The fourth-order valence-corrected chi connectivity index (χ4v) is 4.20. The molecule has 0 atom stereocenters. The summed E-state index contributed by atoms with van der Waals surface area (Å²) in [4.78, 5) is 21.3. The third kappa shape index (κ3) is 4.09. The molecule has 2 N–H and O–H groups in total. The molecule has 30 heavy (non-hydrogen) atoms. The summed E-state index contributed by atoms with van der Waals surface area (Å²) in [6.45, 7) is 8.61. The van der Waals surface area contributed by atoms with Gasteiger partial charge in [-0.1, -0.05) is 18.2 Å². The number of phenolic OH excluding ortho intramolecular Hbond substituents is 1. The molecule has 0 aliphatic carbocycles. The molecule has 1 aliphatic rings. The van der Waals surface area contributed by atoms with E-state index in [1.165, 1.54) is 4.90 Å². The molecule has 1 aromatic heterocycles. The van der Waals surface area contributed by atoms with Crippen LogP contribution in [0.2, 0.25) is 0 Å². The molecule has 0 bridgehead atoms.